The van der Waals surface area contributed by atoms with Crippen molar-refractivity contribution < 1.29 is 9.90 Å². The SMILES string of the molecule is CC(NCc1cc(C(=O)O)cs1)C1CCCC1. The van der Waals surface area contributed by atoms with Gasteiger partial charge in [-0.2, -0.15) is 0 Å². The quantitative estimate of drug-likeness (QED) is 0.847. The standard InChI is InChI=1S/C13H19NO2S/c1-9(10-4-2-3-5-10)14-7-12-6-11(8-17-12)13(15)16/h6,8-10,14H,2-5,7H2,1H3,(H,15,16). The number of thiophene rings is 1. The Morgan fingerprint density at radius 2 is 2.29 bits per heavy atom. The number of carboxylic acids is 1. The molecule has 0 aromatic carbocycles. The van der Waals surface area contributed by atoms with E-state index in [9.17, 15) is 4.79 Å². The zero-order valence-corrected chi connectivity index (χ0v) is 10.9. The van der Waals surface area contributed by atoms with Gasteiger partial charge < -0.3 is 10.4 Å². The molecule has 0 aliphatic heterocycles. The van der Waals surface area contributed by atoms with Crippen LogP contribution in [0.2, 0.25) is 0 Å². The molecule has 0 amide bonds. The molecule has 1 atom stereocenters. The van der Waals surface area contributed by atoms with Crippen LogP contribution in [0, 0.1) is 5.92 Å². The molecule has 17 heavy (non-hydrogen) atoms. The van der Waals surface area contributed by atoms with Gasteiger partial charge in [0.15, 0.2) is 0 Å². The maximum absolute atomic E-state index is 10.7. The van der Waals surface area contributed by atoms with Crippen molar-refractivity contribution in [3.63, 3.8) is 0 Å². The summed E-state index contributed by atoms with van der Waals surface area (Å²) in [4.78, 5) is 11.9. The van der Waals surface area contributed by atoms with Crippen molar-refractivity contribution in [1.29, 1.82) is 0 Å². The lowest BCUT2D eigenvalue weighted by Crippen LogP contribution is -2.31. The molecule has 0 spiro atoms. The van der Waals surface area contributed by atoms with Crippen molar-refractivity contribution in [3.8, 4) is 0 Å². The Morgan fingerprint density at radius 1 is 1.59 bits per heavy atom. The van der Waals surface area contributed by atoms with E-state index < -0.39 is 5.97 Å². The van der Waals surface area contributed by atoms with E-state index in [1.54, 1.807) is 11.4 Å². The number of hydrogen-bond acceptors (Lipinski definition) is 3. The minimum Gasteiger partial charge on any atom is -0.478 e. The first-order valence-corrected chi connectivity index (χ1v) is 7.09. The molecule has 94 valence electrons. The van der Waals surface area contributed by atoms with E-state index >= 15 is 0 Å². The lowest BCUT2D eigenvalue weighted by atomic mass is 10.00. The first kappa shape index (κ1) is 12.6. The highest BCUT2D eigenvalue weighted by Gasteiger charge is 2.21. The normalized spacial score (nSPS) is 18.4. The molecule has 1 aliphatic carbocycles. The Balaban J connectivity index is 1.82. The van der Waals surface area contributed by atoms with Gasteiger partial charge in [0.1, 0.15) is 0 Å². The predicted molar refractivity (Wildman–Crippen MR) is 69.5 cm³/mol. The molecule has 1 unspecified atom stereocenters. The maximum Gasteiger partial charge on any atom is 0.336 e. The fourth-order valence-electron chi connectivity index (χ4n) is 2.47. The lowest BCUT2D eigenvalue weighted by molar-refractivity contribution is 0.0697. The van der Waals surface area contributed by atoms with E-state index in [4.69, 9.17) is 5.11 Å². The van der Waals surface area contributed by atoms with Gasteiger partial charge in [-0.1, -0.05) is 12.8 Å². The largest absolute Gasteiger partial charge is 0.478 e. The zero-order valence-electron chi connectivity index (χ0n) is 10.1. The average Bonchev–Trinajstić information content (AvgIpc) is 2.97. The van der Waals surface area contributed by atoms with Crippen LogP contribution in [0.25, 0.3) is 0 Å². The molecule has 3 nitrogen and oxygen atoms in total. The van der Waals surface area contributed by atoms with E-state index in [-0.39, 0.29) is 0 Å². The van der Waals surface area contributed by atoms with Gasteiger partial charge in [0.05, 0.1) is 5.56 Å². The van der Waals surface area contributed by atoms with Gasteiger partial charge in [-0.3, -0.25) is 0 Å². The monoisotopic (exact) mass is 253 g/mol. The van der Waals surface area contributed by atoms with Crippen LogP contribution in [-0.2, 0) is 6.54 Å². The molecule has 0 saturated heterocycles. The van der Waals surface area contributed by atoms with Crippen LogP contribution >= 0.6 is 11.3 Å². The number of carboxylic acid groups (broad SMARTS) is 1. The van der Waals surface area contributed by atoms with Gasteiger partial charge in [-0.15, -0.1) is 11.3 Å². The van der Waals surface area contributed by atoms with Crippen molar-refractivity contribution in [3.05, 3.63) is 21.9 Å². The minimum absolute atomic E-state index is 0.403. The van der Waals surface area contributed by atoms with Crippen molar-refractivity contribution in [2.24, 2.45) is 5.92 Å². The molecule has 1 aromatic heterocycles. The number of aromatic carboxylic acids is 1. The van der Waals surface area contributed by atoms with Crippen molar-refractivity contribution in [2.45, 2.75) is 45.2 Å². The maximum atomic E-state index is 10.7. The van der Waals surface area contributed by atoms with Crippen molar-refractivity contribution in [2.75, 3.05) is 0 Å². The summed E-state index contributed by atoms with van der Waals surface area (Å²) >= 11 is 1.52. The second kappa shape index (κ2) is 5.65. The number of hydrogen-bond donors (Lipinski definition) is 2. The number of nitrogens with one attached hydrogen (secondary N) is 1. The number of rotatable bonds is 5. The molecular formula is C13H19NO2S. The first-order chi connectivity index (χ1) is 8.16. The summed E-state index contributed by atoms with van der Waals surface area (Å²) in [6, 6.07) is 2.30. The summed E-state index contributed by atoms with van der Waals surface area (Å²) in [5.74, 6) is -0.0368. The summed E-state index contributed by atoms with van der Waals surface area (Å²) in [5, 5.41) is 14.1. The first-order valence-electron chi connectivity index (χ1n) is 6.21. The fourth-order valence-corrected chi connectivity index (χ4v) is 3.28. The Morgan fingerprint density at radius 3 is 2.88 bits per heavy atom. The van der Waals surface area contributed by atoms with Crippen LogP contribution < -0.4 is 5.32 Å². The second-order valence-electron chi connectivity index (χ2n) is 4.82. The third kappa shape index (κ3) is 3.30. The number of carbonyl (C=O) groups is 1. The summed E-state index contributed by atoms with van der Waals surface area (Å²) in [5.41, 5.74) is 0.403. The topological polar surface area (TPSA) is 49.3 Å². The second-order valence-corrected chi connectivity index (χ2v) is 5.82. The Kier molecular flexibility index (Phi) is 4.18. The molecule has 2 N–H and O–H groups in total. The van der Waals surface area contributed by atoms with Crippen LogP contribution in [0.1, 0.15) is 47.8 Å². The van der Waals surface area contributed by atoms with Gasteiger partial charge in [-0.05, 0) is 31.7 Å². The smallest absolute Gasteiger partial charge is 0.336 e. The van der Waals surface area contributed by atoms with Gasteiger partial charge in [0.2, 0.25) is 0 Å². The van der Waals surface area contributed by atoms with Gasteiger partial charge in [0.25, 0.3) is 0 Å². The highest BCUT2D eigenvalue weighted by Crippen LogP contribution is 2.27. The van der Waals surface area contributed by atoms with Crippen molar-refractivity contribution in [1.82, 2.24) is 5.32 Å². The molecule has 2 rings (SSSR count). The average molecular weight is 253 g/mol. The molecule has 0 radical (unpaired) electrons. The van der Waals surface area contributed by atoms with E-state index in [0.29, 0.717) is 11.6 Å². The highest BCUT2D eigenvalue weighted by atomic mass is 32.1. The molecule has 1 saturated carbocycles. The minimum atomic E-state index is -0.837. The summed E-state index contributed by atoms with van der Waals surface area (Å²) in [7, 11) is 0. The molecular weight excluding hydrogens is 234 g/mol. The van der Waals surface area contributed by atoms with Crippen LogP contribution in [0.5, 0.6) is 0 Å². The lowest BCUT2D eigenvalue weighted by Gasteiger charge is -2.19. The predicted octanol–water partition coefficient (Wildman–Crippen LogP) is 3.11. The summed E-state index contributed by atoms with van der Waals surface area (Å²) in [6.07, 6.45) is 5.38. The summed E-state index contributed by atoms with van der Waals surface area (Å²) < 4.78 is 0. The van der Waals surface area contributed by atoms with E-state index in [0.717, 1.165) is 17.3 Å². The van der Waals surface area contributed by atoms with Crippen molar-refractivity contribution >= 4 is 17.3 Å². The Bertz CT molecular complexity index is 383. The molecule has 1 aromatic rings. The summed E-state index contributed by atoms with van der Waals surface area (Å²) in [6.45, 7) is 3.03. The van der Waals surface area contributed by atoms with Crippen LogP contribution in [0.4, 0.5) is 0 Å². The zero-order chi connectivity index (χ0) is 12.3. The van der Waals surface area contributed by atoms with E-state index in [1.807, 2.05) is 0 Å². The van der Waals surface area contributed by atoms with E-state index in [2.05, 4.69) is 12.2 Å². The molecule has 1 aliphatic rings. The van der Waals surface area contributed by atoms with Gasteiger partial charge in [0, 0.05) is 22.8 Å². The fraction of sp³-hybridized carbons (Fsp3) is 0.615. The Hall–Kier alpha value is -0.870. The molecule has 1 heterocycles. The van der Waals surface area contributed by atoms with Crippen LogP contribution in [-0.4, -0.2) is 17.1 Å². The third-order valence-corrected chi connectivity index (χ3v) is 4.54. The van der Waals surface area contributed by atoms with Gasteiger partial charge >= 0.3 is 5.97 Å². The Labute approximate surface area is 106 Å². The van der Waals surface area contributed by atoms with Crippen LogP contribution in [0.3, 0.4) is 0 Å². The van der Waals surface area contributed by atoms with Gasteiger partial charge in [-0.25, -0.2) is 4.79 Å². The molecule has 1 fully saturated rings. The molecule has 4 heteroatoms. The van der Waals surface area contributed by atoms with E-state index in [1.165, 1.54) is 37.0 Å². The molecule has 0 bridgehead atoms. The van der Waals surface area contributed by atoms with Crippen LogP contribution in [0.15, 0.2) is 11.4 Å². The highest BCUT2D eigenvalue weighted by molar-refractivity contribution is 7.10. The third-order valence-electron chi connectivity index (χ3n) is 3.61.